The Morgan fingerprint density at radius 1 is 0.967 bits per heavy atom. The molecule has 10 heteroatoms. The average Bonchev–Trinajstić information content (AvgIpc) is 3.03. The summed E-state index contributed by atoms with van der Waals surface area (Å²) in [7, 11) is 1.40. The Morgan fingerprint density at radius 2 is 1.57 bits per heavy atom. The van der Waals surface area contributed by atoms with Crippen LogP contribution in [-0.2, 0) is 23.3 Å². The van der Waals surface area contributed by atoms with E-state index >= 15 is 0 Å². The summed E-state index contributed by atoms with van der Waals surface area (Å²) in [6.45, 7) is -0.491. The van der Waals surface area contributed by atoms with Gasteiger partial charge in [-0.1, -0.05) is 48.5 Å². The molecular weight excluding hydrogens is 432 g/mol. The Kier molecular flexibility index (Phi) is 7.30. The van der Waals surface area contributed by atoms with Gasteiger partial charge in [0.1, 0.15) is 19.9 Å². The molecule has 3 rings (SSSR count). The van der Waals surface area contributed by atoms with E-state index < -0.39 is 21.1 Å². The van der Waals surface area contributed by atoms with E-state index in [1.165, 1.54) is 0 Å². The molecule has 0 fully saturated rings. The lowest BCUT2D eigenvalue weighted by Crippen LogP contribution is -2.38. The Labute approximate surface area is 178 Å². The third kappa shape index (κ3) is 5.94. The van der Waals surface area contributed by atoms with Crippen LogP contribution in [0.4, 0.5) is 4.79 Å². The Balaban J connectivity index is 1.42. The second-order valence-electron chi connectivity index (χ2n) is 6.57. The summed E-state index contributed by atoms with van der Waals surface area (Å²) >= 11 is 0. The smallest absolute Gasteiger partial charge is 0.407 e. The molecule has 0 unspecified atom stereocenters. The van der Waals surface area contributed by atoms with Crippen molar-refractivity contribution in [2.75, 3.05) is 32.2 Å². The van der Waals surface area contributed by atoms with Crippen molar-refractivity contribution in [3.63, 3.8) is 0 Å². The normalized spacial score (nSPS) is 12.7. The van der Waals surface area contributed by atoms with Gasteiger partial charge in [-0.05, 0) is 22.3 Å². The Bertz CT molecular complexity index is 982. The summed E-state index contributed by atoms with van der Waals surface area (Å²) in [5.74, 6) is -0.927. The number of benzene rings is 2. The number of hydrogen-bond donors (Lipinski definition) is 2. The third-order valence-electron chi connectivity index (χ3n) is 4.58. The average molecular weight is 453 g/mol. The van der Waals surface area contributed by atoms with Crippen LogP contribution in [-0.4, -0.2) is 52.7 Å². The topological polar surface area (TPSA) is 111 Å². The first-order chi connectivity index (χ1) is 14.3. The Hall–Kier alpha value is -2.62. The summed E-state index contributed by atoms with van der Waals surface area (Å²) in [6, 6.07) is 16.0. The minimum absolute atomic E-state index is 0.0661. The van der Waals surface area contributed by atoms with Gasteiger partial charge in [-0.3, -0.25) is 4.79 Å². The van der Waals surface area contributed by atoms with Gasteiger partial charge >= 0.3 is 6.09 Å². The van der Waals surface area contributed by atoms with Gasteiger partial charge in [0, 0.05) is 16.6 Å². The zero-order valence-electron chi connectivity index (χ0n) is 16.0. The highest BCUT2D eigenvalue weighted by molar-refractivity contribution is 8.13. The SMILES string of the molecule is O=C(CNC(=O)OCC1c2ccccc2-c2ccccc21)NCOCCS(=O)(=O)Cl. The minimum atomic E-state index is -3.64. The number of nitrogens with one attached hydrogen (secondary N) is 2. The molecule has 0 bridgehead atoms. The standard InChI is InChI=1S/C20H21ClN2O6S/c21-30(26,27)10-9-28-13-23-19(24)11-22-20(25)29-12-18-16-7-3-1-5-14(16)15-6-2-4-8-17(15)18/h1-8,18H,9-13H2,(H,22,25)(H,23,24). The molecule has 2 amide bonds. The van der Waals surface area contributed by atoms with Crippen LogP contribution in [0.15, 0.2) is 48.5 Å². The molecule has 0 atom stereocenters. The van der Waals surface area contributed by atoms with E-state index in [2.05, 4.69) is 10.6 Å². The molecule has 0 saturated carbocycles. The van der Waals surface area contributed by atoms with Crippen molar-refractivity contribution in [2.45, 2.75) is 5.92 Å². The minimum Gasteiger partial charge on any atom is -0.449 e. The molecule has 0 aliphatic heterocycles. The molecule has 30 heavy (non-hydrogen) atoms. The highest BCUT2D eigenvalue weighted by atomic mass is 35.7. The summed E-state index contributed by atoms with van der Waals surface area (Å²) in [4.78, 5) is 23.7. The Morgan fingerprint density at radius 3 is 2.17 bits per heavy atom. The maximum atomic E-state index is 12.0. The quantitative estimate of drug-likeness (QED) is 0.343. The lowest BCUT2D eigenvalue weighted by molar-refractivity contribution is -0.121. The fraction of sp³-hybridized carbons (Fsp3) is 0.300. The second-order valence-corrected chi connectivity index (χ2v) is 9.47. The van der Waals surface area contributed by atoms with Gasteiger partial charge in [-0.15, -0.1) is 0 Å². The number of carbonyl (C=O) groups is 2. The number of alkyl carbamates (subject to hydrolysis) is 1. The summed E-state index contributed by atoms with van der Waals surface area (Å²) in [5, 5.41) is 4.75. The van der Waals surface area contributed by atoms with Gasteiger partial charge in [0.15, 0.2) is 0 Å². The predicted octanol–water partition coefficient (Wildman–Crippen LogP) is 2.18. The molecule has 0 spiro atoms. The maximum absolute atomic E-state index is 12.0. The zero-order chi connectivity index (χ0) is 21.6. The molecule has 2 N–H and O–H groups in total. The zero-order valence-corrected chi connectivity index (χ0v) is 17.5. The van der Waals surface area contributed by atoms with Crippen molar-refractivity contribution in [1.29, 1.82) is 0 Å². The molecular formula is C20H21ClN2O6S. The van der Waals surface area contributed by atoms with E-state index in [4.69, 9.17) is 20.2 Å². The van der Waals surface area contributed by atoms with E-state index in [0.717, 1.165) is 22.3 Å². The number of fused-ring (bicyclic) bond motifs is 3. The maximum Gasteiger partial charge on any atom is 0.407 e. The predicted molar refractivity (Wildman–Crippen MR) is 112 cm³/mol. The van der Waals surface area contributed by atoms with Gasteiger partial charge in [-0.25, -0.2) is 13.2 Å². The van der Waals surface area contributed by atoms with E-state index in [9.17, 15) is 18.0 Å². The fourth-order valence-electron chi connectivity index (χ4n) is 3.23. The first kappa shape index (κ1) is 22.1. The fourth-order valence-corrected chi connectivity index (χ4v) is 3.73. The van der Waals surface area contributed by atoms with Crippen molar-refractivity contribution < 1.29 is 27.5 Å². The molecule has 0 saturated heterocycles. The highest BCUT2D eigenvalue weighted by Crippen LogP contribution is 2.44. The molecule has 0 heterocycles. The van der Waals surface area contributed by atoms with Crippen molar-refractivity contribution in [1.82, 2.24) is 10.6 Å². The van der Waals surface area contributed by atoms with Crippen LogP contribution < -0.4 is 10.6 Å². The van der Waals surface area contributed by atoms with Gasteiger partial charge in [0.2, 0.25) is 15.0 Å². The van der Waals surface area contributed by atoms with E-state index in [1.807, 2.05) is 48.5 Å². The van der Waals surface area contributed by atoms with Crippen LogP contribution in [0.2, 0.25) is 0 Å². The third-order valence-corrected chi connectivity index (χ3v) is 5.70. The van der Waals surface area contributed by atoms with Crippen LogP contribution in [0.5, 0.6) is 0 Å². The lowest BCUT2D eigenvalue weighted by atomic mass is 9.98. The van der Waals surface area contributed by atoms with Crippen molar-refractivity contribution in [3.05, 3.63) is 59.7 Å². The van der Waals surface area contributed by atoms with E-state index in [-0.39, 0.29) is 38.2 Å². The number of ether oxygens (including phenoxy) is 2. The first-order valence-corrected chi connectivity index (χ1v) is 11.7. The van der Waals surface area contributed by atoms with Crippen molar-refractivity contribution >= 4 is 31.7 Å². The number of hydrogen-bond acceptors (Lipinski definition) is 6. The van der Waals surface area contributed by atoms with Crippen LogP contribution >= 0.6 is 10.7 Å². The van der Waals surface area contributed by atoms with Gasteiger partial charge in [-0.2, -0.15) is 0 Å². The van der Waals surface area contributed by atoms with Crippen molar-refractivity contribution in [3.8, 4) is 11.1 Å². The van der Waals surface area contributed by atoms with Gasteiger partial charge < -0.3 is 20.1 Å². The molecule has 8 nitrogen and oxygen atoms in total. The molecule has 2 aromatic carbocycles. The molecule has 2 aromatic rings. The van der Waals surface area contributed by atoms with Gasteiger partial charge in [0.05, 0.1) is 12.4 Å². The number of carbonyl (C=O) groups excluding carboxylic acids is 2. The lowest BCUT2D eigenvalue weighted by Gasteiger charge is -2.14. The van der Waals surface area contributed by atoms with Crippen molar-refractivity contribution in [2.24, 2.45) is 0 Å². The first-order valence-electron chi connectivity index (χ1n) is 9.21. The second kappa shape index (κ2) is 9.92. The molecule has 160 valence electrons. The van der Waals surface area contributed by atoms with Gasteiger partial charge in [0.25, 0.3) is 0 Å². The molecule has 0 aromatic heterocycles. The largest absolute Gasteiger partial charge is 0.449 e. The molecule has 1 aliphatic carbocycles. The summed E-state index contributed by atoms with van der Waals surface area (Å²) < 4.78 is 31.7. The van der Waals surface area contributed by atoms with Crippen LogP contribution in [0.25, 0.3) is 11.1 Å². The summed E-state index contributed by atoms with van der Waals surface area (Å²) in [6.07, 6.45) is -0.707. The number of rotatable bonds is 9. The van der Waals surface area contributed by atoms with E-state index in [1.54, 1.807) is 0 Å². The molecule has 1 aliphatic rings. The summed E-state index contributed by atoms with van der Waals surface area (Å²) in [5.41, 5.74) is 4.45. The van der Waals surface area contributed by atoms with E-state index in [0.29, 0.717) is 0 Å². The highest BCUT2D eigenvalue weighted by Gasteiger charge is 2.28. The number of amides is 2. The number of halogens is 1. The monoisotopic (exact) mass is 452 g/mol. The van der Waals surface area contributed by atoms with Crippen LogP contribution in [0.1, 0.15) is 17.0 Å². The molecule has 0 radical (unpaired) electrons. The van der Waals surface area contributed by atoms with Crippen LogP contribution in [0.3, 0.4) is 0 Å². The van der Waals surface area contributed by atoms with Crippen LogP contribution in [0, 0.1) is 0 Å².